The Bertz CT molecular complexity index is 524. The molecule has 0 saturated carbocycles. The van der Waals surface area contributed by atoms with Crippen molar-refractivity contribution in [2.24, 2.45) is 0 Å². The Morgan fingerprint density at radius 1 is 1.32 bits per heavy atom. The van der Waals surface area contributed by atoms with Gasteiger partial charge in [-0.25, -0.2) is 4.98 Å². The van der Waals surface area contributed by atoms with Crippen molar-refractivity contribution in [1.29, 1.82) is 0 Å². The van der Waals surface area contributed by atoms with Gasteiger partial charge in [-0.2, -0.15) is 0 Å². The molecule has 122 valence electrons. The van der Waals surface area contributed by atoms with Crippen LogP contribution in [0.4, 0.5) is 0 Å². The zero-order valence-electron chi connectivity index (χ0n) is 13.1. The molecule has 1 aromatic heterocycles. The van der Waals surface area contributed by atoms with E-state index < -0.39 is 0 Å². The zero-order chi connectivity index (χ0) is 16.1. The number of morpholine rings is 1. The minimum absolute atomic E-state index is 0.110. The first-order valence-corrected chi connectivity index (χ1v) is 8.17. The number of carbonyl (C=O) groups excluding carboxylic acids is 2. The molecule has 2 heterocycles. The van der Waals surface area contributed by atoms with E-state index in [-0.39, 0.29) is 37.0 Å². The van der Waals surface area contributed by atoms with E-state index in [0.717, 1.165) is 10.7 Å². The van der Waals surface area contributed by atoms with Crippen LogP contribution in [0.15, 0.2) is 5.38 Å². The first-order chi connectivity index (χ1) is 10.4. The number of hydrogen-bond donors (Lipinski definition) is 2. The van der Waals surface area contributed by atoms with Crippen LogP contribution in [0, 0.1) is 6.92 Å². The number of hydrogen-bond acceptors (Lipinski definition) is 6. The molecule has 7 nitrogen and oxygen atoms in total. The van der Waals surface area contributed by atoms with Crippen molar-refractivity contribution in [3.63, 3.8) is 0 Å². The highest BCUT2D eigenvalue weighted by Gasteiger charge is 2.23. The molecular weight excluding hydrogens is 304 g/mol. The fraction of sp³-hybridized carbons (Fsp3) is 0.643. The second-order valence-electron chi connectivity index (χ2n) is 5.61. The summed E-state index contributed by atoms with van der Waals surface area (Å²) in [5.41, 5.74) is 5.76. The number of nitrogens with zero attached hydrogens (tertiary/aromatic N) is 2. The van der Waals surface area contributed by atoms with E-state index in [4.69, 9.17) is 4.74 Å². The fourth-order valence-electron chi connectivity index (χ4n) is 2.46. The van der Waals surface area contributed by atoms with E-state index in [1.807, 2.05) is 31.1 Å². The van der Waals surface area contributed by atoms with Gasteiger partial charge in [0, 0.05) is 24.2 Å². The summed E-state index contributed by atoms with van der Waals surface area (Å²) in [6.07, 6.45) is 0.392. The van der Waals surface area contributed by atoms with Crippen LogP contribution >= 0.6 is 11.3 Å². The summed E-state index contributed by atoms with van der Waals surface area (Å²) in [5, 5.41) is 2.63. The number of carbonyl (C=O) groups is 2. The van der Waals surface area contributed by atoms with Gasteiger partial charge >= 0.3 is 0 Å². The zero-order valence-corrected chi connectivity index (χ0v) is 13.9. The van der Waals surface area contributed by atoms with Crippen molar-refractivity contribution in [2.75, 3.05) is 19.6 Å². The Labute approximate surface area is 134 Å². The third-order valence-corrected chi connectivity index (χ3v) is 4.15. The second kappa shape index (κ2) is 7.66. The highest BCUT2D eigenvalue weighted by atomic mass is 32.1. The number of ether oxygens (including phenoxy) is 1. The van der Waals surface area contributed by atoms with E-state index in [2.05, 4.69) is 15.8 Å². The van der Waals surface area contributed by atoms with Crippen LogP contribution in [-0.2, 0) is 20.7 Å². The van der Waals surface area contributed by atoms with Gasteiger partial charge in [-0.3, -0.25) is 25.3 Å². The van der Waals surface area contributed by atoms with Crippen LogP contribution in [0.5, 0.6) is 0 Å². The van der Waals surface area contributed by atoms with Gasteiger partial charge in [-0.05, 0) is 20.8 Å². The molecule has 0 aromatic carbocycles. The number of aryl methyl sites for hydroxylation is 1. The Morgan fingerprint density at radius 2 is 1.95 bits per heavy atom. The molecule has 22 heavy (non-hydrogen) atoms. The molecule has 1 fully saturated rings. The third kappa shape index (κ3) is 5.36. The van der Waals surface area contributed by atoms with Gasteiger partial charge in [-0.1, -0.05) is 0 Å². The van der Waals surface area contributed by atoms with E-state index in [9.17, 15) is 9.59 Å². The maximum atomic E-state index is 11.9. The van der Waals surface area contributed by atoms with Crippen LogP contribution in [0.3, 0.4) is 0 Å². The molecule has 0 aliphatic carbocycles. The van der Waals surface area contributed by atoms with Crippen molar-refractivity contribution < 1.29 is 14.3 Å². The van der Waals surface area contributed by atoms with Crippen molar-refractivity contribution in [3.8, 4) is 0 Å². The summed E-state index contributed by atoms with van der Waals surface area (Å²) in [6, 6.07) is 0. The summed E-state index contributed by atoms with van der Waals surface area (Å²) in [7, 11) is 0. The summed E-state index contributed by atoms with van der Waals surface area (Å²) in [5.74, 6) is -0.503. The lowest BCUT2D eigenvalue weighted by molar-refractivity contribution is -0.131. The number of thiazole rings is 1. The van der Waals surface area contributed by atoms with Crippen molar-refractivity contribution in [1.82, 2.24) is 20.7 Å². The predicted molar refractivity (Wildman–Crippen MR) is 83.3 cm³/mol. The number of aromatic nitrogens is 1. The molecule has 8 heteroatoms. The molecule has 1 aliphatic rings. The molecule has 1 aromatic rings. The highest BCUT2D eigenvalue weighted by molar-refractivity contribution is 7.09. The third-order valence-electron chi connectivity index (χ3n) is 3.18. The monoisotopic (exact) mass is 326 g/mol. The summed E-state index contributed by atoms with van der Waals surface area (Å²) >= 11 is 1.43. The fourth-order valence-corrected chi connectivity index (χ4v) is 3.23. The summed E-state index contributed by atoms with van der Waals surface area (Å²) in [4.78, 5) is 29.8. The average molecular weight is 326 g/mol. The molecule has 2 N–H and O–H groups in total. The Morgan fingerprint density at radius 3 is 2.55 bits per heavy atom. The maximum absolute atomic E-state index is 11.9. The lowest BCUT2D eigenvalue weighted by Gasteiger charge is -2.34. The Hall–Kier alpha value is -1.51. The predicted octanol–water partition coefficient (Wildman–Crippen LogP) is 0.251. The smallest absolute Gasteiger partial charge is 0.252 e. The average Bonchev–Trinajstić information content (AvgIpc) is 2.80. The van der Waals surface area contributed by atoms with Gasteiger partial charge in [0.05, 0.1) is 25.2 Å². The largest absolute Gasteiger partial charge is 0.373 e. The molecule has 2 rings (SSSR count). The summed E-state index contributed by atoms with van der Waals surface area (Å²) in [6.45, 7) is 7.52. The van der Waals surface area contributed by atoms with E-state index in [1.54, 1.807) is 0 Å². The molecule has 0 unspecified atom stereocenters. The Balaban J connectivity index is 1.69. The number of amides is 2. The van der Waals surface area contributed by atoms with E-state index in [0.29, 0.717) is 13.1 Å². The van der Waals surface area contributed by atoms with Crippen LogP contribution < -0.4 is 10.9 Å². The van der Waals surface area contributed by atoms with E-state index in [1.165, 1.54) is 11.3 Å². The highest BCUT2D eigenvalue weighted by Crippen LogP contribution is 2.10. The van der Waals surface area contributed by atoms with Crippen molar-refractivity contribution >= 4 is 23.2 Å². The van der Waals surface area contributed by atoms with Gasteiger partial charge < -0.3 is 4.74 Å². The van der Waals surface area contributed by atoms with Crippen LogP contribution in [0.1, 0.15) is 24.5 Å². The van der Waals surface area contributed by atoms with Crippen LogP contribution in [0.25, 0.3) is 0 Å². The van der Waals surface area contributed by atoms with Gasteiger partial charge in [0.2, 0.25) is 5.91 Å². The summed E-state index contributed by atoms with van der Waals surface area (Å²) < 4.78 is 5.62. The molecule has 0 radical (unpaired) electrons. The van der Waals surface area contributed by atoms with Gasteiger partial charge in [-0.15, -0.1) is 11.3 Å². The first-order valence-electron chi connectivity index (χ1n) is 7.29. The number of rotatable bonds is 4. The lowest BCUT2D eigenvalue weighted by atomic mass is 10.2. The maximum Gasteiger partial charge on any atom is 0.252 e. The minimum Gasteiger partial charge on any atom is -0.373 e. The standard InChI is InChI=1S/C14H22N4O3S/c1-9-8-22-14(15-9)4-12(19)16-17-13(20)7-18-5-10(2)21-11(3)6-18/h8,10-11H,4-7H2,1-3H3,(H,16,19)(H,17,20)/t10-,11-/m0/s1. The van der Waals surface area contributed by atoms with Crippen LogP contribution in [0.2, 0.25) is 0 Å². The van der Waals surface area contributed by atoms with Gasteiger partial charge in [0.15, 0.2) is 0 Å². The SMILES string of the molecule is Cc1csc(CC(=O)NNC(=O)CN2C[C@H](C)O[C@@H](C)C2)n1. The topological polar surface area (TPSA) is 83.6 Å². The van der Waals surface area contributed by atoms with Crippen molar-refractivity contribution in [2.45, 2.75) is 39.4 Å². The molecule has 1 aliphatic heterocycles. The lowest BCUT2D eigenvalue weighted by Crippen LogP contribution is -2.51. The number of nitrogens with one attached hydrogen (secondary N) is 2. The molecule has 2 amide bonds. The van der Waals surface area contributed by atoms with Crippen LogP contribution in [-0.4, -0.2) is 53.5 Å². The van der Waals surface area contributed by atoms with Gasteiger partial charge in [0.25, 0.3) is 5.91 Å². The van der Waals surface area contributed by atoms with E-state index >= 15 is 0 Å². The van der Waals surface area contributed by atoms with Gasteiger partial charge in [0.1, 0.15) is 5.01 Å². The normalized spacial score (nSPS) is 22.3. The second-order valence-corrected chi connectivity index (χ2v) is 6.55. The molecule has 2 atom stereocenters. The number of hydrazine groups is 1. The Kier molecular flexibility index (Phi) is 5.87. The first kappa shape index (κ1) is 16.9. The van der Waals surface area contributed by atoms with Crippen molar-refractivity contribution in [3.05, 3.63) is 16.1 Å². The molecule has 1 saturated heterocycles. The quantitative estimate of drug-likeness (QED) is 0.775. The molecule has 0 spiro atoms. The molecule has 0 bridgehead atoms. The minimum atomic E-state index is -0.272. The molecular formula is C14H22N4O3S.